The number of hydroxylamine groups is 1. The first-order valence-electron chi connectivity index (χ1n) is 12.2. The van der Waals surface area contributed by atoms with Crippen LogP contribution in [0, 0.1) is 0 Å². The van der Waals surface area contributed by atoms with Crippen LogP contribution in [0.1, 0.15) is 105 Å². The molecule has 0 aliphatic carbocycles. The van der Waals surface area contributed by atoms with E-state index in [4.69, 9.17) is 30.9 Å². The molecule has 7 nitrogen and oxygen atoms in total. The van der Waals surface area contributed by atoms with Crippen molar-refractivity contribution in [3.05, 3.63) is 60.1 Å². The molecule has 3 heterocycles. The Labute approximate surface area is 202 Å². The van der Waals surface area contributed by atoms with Gasteiger partial charge in [0.05, 0.1) is 36.2 Å². The van der Waals surface area contributed by atoms with Gasteiger partial charge in [-0.15, -0.1) is 5.48 Å². The van der Waals surface area contributed by atoms with Crippen molar-refractivity contribution in [3.63, 3.8) is 0 Å². The van der Waals surface area contributed by atoms with Crippen LogP contribution < -0.4 is 22.7 Å². The van der Waals surface area contributed by atoms with Gasteiger partial charge in [-0.25, -0.2) is 0 Å². The normalized spacial score (nSPS) is 15.8. The zero-order valence-corrected chi connectivity index (χ0v) is 22.4. The molecule has 7 N–H and O–H groups in total. The lowest BCUT2D eigenvalue weighted by atomic mass is 10.0. The van der Waals surface area contributed by atoms with Crippen LogP contribution >= 0.6 is 0 Å². The fraction of sp³-hybridized carbons (Fsp3) is 0.615. The van der Waals surface area contributed by atoms with Gasteiger partial charge < -0.3 is 30.9 Å². The summed E-state index contributed by atoms with van der Waals surface area (Å²) in [7, 11) is 0. The van der Waals surface area contributed by atoms with E-state index in [-0.39, 0.29) is 23.7 Å². The minimum absolute atomic E-state index is 0.0317. The summed E-state index contributed by atoms with van der Waals surface area (Å²) in [5, 5.41) is 0. The highest BCUT2D eigenvalue weighted by Crippen LogP contribution is 2.19. The van der Waals surface area contributed by atoms with Crippen molar-refractivity contribution in [2.24, 2.45) is 17.2 Å². The molecule has 0 fully saturated rings. The first-order chi connectivity index (χ1) is 15.7. The molecule has 0 bridgehead atoms. The molecule has 0 unspecified atom stereocenters. The summed E-state index contributed by atoms with van der Waals surface area (Å²) in [5.41, 5.74) is 19.9. The average Bonchev–Trinajstić information content (AvgIpc) is 3.63. The summed E-state index contributed by atoms with van der Waals surface area (Å²) in [6.45, 7) is 18.2. The van der Waals surface area contributed by atoms with E-state index in [1.54, 1.807) is 12.5 Å². The van der Waals surface area contributed by atoms with Crippen LogP contribution in [-0.4, -0.2) is 11.6 Å². The third kappa shape index (κ3) is 13.9. The number of nitrogens with one attached hydrogen (secondary N) is 1. The first kappa shape index (κ1) is 33.1. The second-order valence-corrected chi connectivity index (χ2v) is 7.55. The molecule has 33 heavy (non-hydrogen) atoms. The van der Waals surface area contributed by atoms with Crippen molar-refractivity contribution in [2.75, 3.05) is 0 Å². The number of hydrogen-bond donors (Lipinski definition) is 4. The van der Waals surface area contributed by atoms with Gasteiger partial charge in [0.25, 0.3) is 0 Å². The highest BCUT2D eigenvalue weighted by Gasteiger charge is 2.26. The maximum absolute atomic E-state index is 5.77. The molecule has 2 aromatic heterocycles. The van der Waals surface area contributed by atoms with Crippen LogP contribution in [0.15, 0.2) is 57.5 Å². The van der Waals surface area contributed by atoms with Crippen molar-refractivity contribution >= 4 is 0 Å². The van der Waals surface area contributed by atoms with Gasteiger partial charge in [-0.1, -0.05) is 48.5 Å². The van der Waals surface area contributed by atoms with E-state index in [1.807, 2.05) is 92.7 Å². The molecular formula is C26H50N4O3. The van der Waals surface area contributed by atoms with Gasteiger partial charge in [-0.05, 0) is 63.5 Å². The summed E-state index contributed by atoms with van der Waals surface area (Å²) in [6, 6.07) is 7.67. The van der Waals surface area contributed by atoms with Gasteiger partial charge in [-0.2, -0.15) is 0 Å². The zero-order chi connectivity index (χ0) is 25.9. The van der Waals surface area contributed by atoms with Gasteiger partial charge in [-0.3, -0.25) is 0 Å². The van der Waals surface area contributed by atoms with Crippen LogP contribution in [0.5, 0.6) is 0 Å². The maximum Gasteiger partial charge on any atom is 0.138 e. The predicted molar refractivity (Wildman–Crippen MR) is 139 cm³/mol. The van der Waals surface area contributed by atoms with E-state index in [2.05, 4.69) is 5.48 Å². The molecule has 7 heteroatoms. The predicted octanol–water partition coefficient (Wildman–Crippen LogP) is 6.35. The molecule has 0 spiro atoms. The summed E-state index contributed by atoms with van der Waals surface area (Å²) in [5.74, 6) is 2.60. The lowest BCUT2D eigenvalue weighted by molar-refractivity contribution is 0.0816. The third-order valence-electron chi connectivity index (χ3n) is 4.44. The fourth-order valence-electron chi connectivity index (χ4n) is 2.40. The van der Waals surface area contributed by atoms with E-state index in [1.165, 1.54) is 0 Å². The smallest absolute Gasteiger partial charge is 0.138 e. The molecule has 0 saturated heterocycles. The first-order valence-corrected chi connectivity index (χ1v) is 12.2. The fourth-order valence-corrected chi connectivity index (χ4v) is 2.40. The minimum Gasteiger partial charge on any atom is -0.468 e. The largest absolute Gasteiger partial charge is 0.468 e. The van der Waals surface area contributed by atoms with Crippen LogP contribution in [0.2, 0.25) is 0 Å². The van der Waals surface area contributed by atoms with Crippen molar-refractivity contribution < 1.29 is 13.7 Å². The van der Waals surface area contributed by atoms with Gasteiger partial charge >= 0.3 is 0 Å². The Kier molecular flexibility index (Phi) is 19.5. The lowest BCUT2D eigenvalue weighted by Crippen LogP contribution is -2.31. The van der Waals surface area contributed by atoms with Crippen molar-refractivity contribution in [1.82, 2.24) is 5.48 Å². The summed E-state index contributed by atoms with van der Waals surface area (Å²) < 4.78 is 10.1. The van der Waals surface area contributed by atoms with E-state index >= 15 is 0 Å². The van der Waals surface area contributed by atoms with Crippen LogP contribution in [-0.2, 0) is 4.84 Å². The number of nitrogens with two attached hydrogens (primary N) is 3. The van der Waals surface area contributed by atoms with Gasteiger partial charge in [0.2, 0.25) is 0 Å². The second-order valence-electron chi connectivity index (χ2n) is 7.55. The third-order valence-corrected chi connectivity index (χ3v) is 4.44. The molecule has 0 saturated carbocycles. The highest BCUT2D eigenvalue weighted by atomic mass is 16.7. The van der Waals surface area contributed by atoms with Crippen molar-refractivity contribution in [3.8, 4) is 0 Å². The van der Waals surface area contributed by atoms with Crippen molar-refractivity contribution in [2.45, 2.75) is 105 Å². The molecule has 0 radical (unpaired) electrons. The van der Waals surface area contributed by atoms with Gasteiger partial charge in [0, 0.05) is 0 Å². The van der Waals surface area contributed by atoms with Gasteiger partial charge in [0.15, 0.2) is 0 Å². The van der Waals surface area contributed by atoms with Crippen LogP contribution in [0.4, 0.5) is 0 Å². The molecular weight excluding hydrogens is 416 g/mol. The standard InChI is InChI=1S/C8H16N2O.2C7H11NO.2C2H6/c1-4-6(9)7-5-8(2,3)10-11-7;2*1-2-6(8)7-4-3-5-9-7;2*1-2/h5-6,10H,4,9H2,1-3H3;2*3-6H,2,8H2,1H3;2*1-2H3/t3*6-;;/m110../s1. The minimum atomic E-state index is -0.0673. The molecule has 0 aromatic carbocycles. The molecule has 1 aliphatic heterocycles. The topological polar surface area (TPSA) is 126 Å². The lowest BCUT2D eigenvalue weighted by Gasteiger charge is -2.12. The Balaban J connectivity index is 0. The summed E-state index contributed by atoms with van der Waals surface area (Å²) in [4.78, 5) is 5.21. The second kappa shape index (κ2) is 19.4. The highest BCUT2D eigenvalue weighted by molar-refractivity contribution is 5.14. The Morgan fingerprint density at radius 2 is 1.15 bits per heavy atom. The molecule has 0 amide bonds. The Morgan fingerprint density at radius 3 is 1.39 bits per heavy atom. The Hall–Kier alpha value is -2.06. The van der Waals surface area contributed by atoms with Crippen LogP contribution in [0.25, 0.3) is 0 Å². The Morgan fingerprint density at radius 1 is 0.758 bits per heavy atom. The van der Waals surface area contributed by atoms with Gasteiger partial charge in [0.1, 0.15) is 17.3 Å². The summed E-state index contributed by atoms with van der Waals surface area (Å²) in [6.07, 6.45) is 8.07. The molecule has 192 valence electrons. The number of rotatable bonds is 6. The van der Waals surface area contributed by atoms with Crippen LogP contribution in [0.3, 0.4) is 0 Å². The maximum atomic E-state index is 5.77. The molecule has 2 aromatic rings. The van der Waals surface area contributed by atoms with E-state index in [0.717, 1.165) is 36.5 Å². The monoisotopic (exact) mass is 466 g/mol. The summed E-state index contributed by atoms with van der Waals surface area (Å²) >= 11 is 0. The van der Waals surface area contributed by atoms with E-state index in [9.17, 15) is 0 Å². The quantitative estimate of drug-likeness (QED) is 0.390. The molecule has 3 rings (SSSR count). The van der Waals surface area contributed by atoms with E-state index in [0.29, 0.717) is 0 Å². The average molecular weight is 467 g/mol. The Bertz CT molecular complexity index is 642. The SMILES string of the molecule is CC.CC.CC[C@@H](N)C1=CC(C)(C)NO1.CC[C@@H](N)c1ccco1.CC[C@H](N)c1ccco1. The molecule has 1 aliphatic rings. The zero-order valence-electron chi connectivity index (χ0n) is 22.4. The van der Waals surface area contributed by atoms with Crippen molar-refractivity contribution in [1.29, 1.82) is 0 Å². The molecule has 3 atom stereocenters. The number of hydrogen-bond acceptors (Lipinski definition) is 7. The van der Waals surface area contributed by atoms with E-state index < -0.39 is 0 Å². The number of furan rings is 2.